The van der Waals surface area contributed by atoms with Gasteiger partial charge in [-0.1, -0.05) is 57.2 Å². The molecule has 1 aromatic carbocycles. The molecule has 1 aromatic rings. The Hall–Kier alpha value is -3.52. The van der Waals surface area contributed by atoms with Crippen LogP contribution in [-0.4, -0.2) is 52.1 Å². The van der Waals surface area contributed by atoms with Crippen molar-refractivity contribution < 1.29 is 33.4 Å². The summed E-state index contributed by atoms with van der Waals surface area (Å²) >= 11 is 0. The fraction of sp³-hybridized carbons (Fsp3) is 0.543. The van der Waals surface area contributed by atoms with Crippen LogP contribution in [0.4, 0.5) is 4.79 Å². The zero-order valence-electron chi connectivity index (χ0n) is 26.6. The van der Waals surface area contributed by atoms with Crippen LogP contribution in [-0.2, 0) is 28.6 Å². The molecule has 43 heavy (non-hydrogen) atoms. The van der Waals surface area contributed by atoms with Gasteiger partial charge in [-0.3, -0.25) is 14.5 Å². The average Bonchev–Trinajstić information content (AvgIpc) is 3.18. The normalized spacial score (nSPS) is 31.3. The van der Waals surface area contributed by atoms with Gasteiger partial charge in [-0.05, 0) is 89.0 Å². The van der Waals surface area contributed by atoms with Gasteiger partial charge in [0.25, 0.3) is 0 Å². The maximum atomic E-state index is 14.3. The maximum Gasteiger partial charge on any atom is 0.413 e. The highest BCUT2D eigenvalue weighted by atomic mass is 16.6. The summed E-state index contributed by atoms with van der Waals surface area (Å²) in [5.41, 5.74) is -0.532. The molecule has 230 valence electrons. The molecule has 4 aliphatic rings. The number of hydrogen-bond acceptors (Lipinski definition) is 7. The molecule has 5 rings (SSSR count). The van der Waals surface area contributed by atoms with Gasteiger partial charge in [0.15, 0.2) is 17.7 Å². The summed E-state index contributed by atoms with van der Waals surface area (Å²) in [5.74, 6) is -0.961. The number of fused-ring (bicyclic) bond motifs is 1. The molecule has 3 aliphatic carbocycles. The molecule has 5 atom stereocenters. The van der Waals surface area contributed by atoms with Crippen LogP contribution < -0.4 is 0 Å². The van der Waals surface area contributed by atoms with Gasteiger partial charge in [0, 0.05) is 16.6 Å². The second-order valence-electron chi connectivity index (χ2n) is 14.6. The molecular weight excluding hydrogens is 546 g/mol. The van der Waals surface area contributed by atoms with E-state index in [-0.39, 0.29) is 17.5 Å². The SMILES string of the molecule is CC1=CC[C@H]2C(C)(C)C3=C(C[C@]2(C)C1OC(=O)[C@@H]1OC(C)(C)N(C(=O)OC(C)(C)C)[C@H]1c1ccccc1)C(=O)C=CC3=O. The Kier molecular flexibility index (Phi) is 7.40. The molecule has 1 unspecified atom stereocenters. The van der Waals surface area contributed by atoms with E-state index in [1.54, 1.807) is 34.6 Å². The molecular formula is C35H43NO7. The summed E-state index contributed by atoms with van der Waals surface area (Å²) in [6.07, 6.45) is 3.40. The third-order valence-corrected chi connectivity index (χ3v) is 9.55. The van der Waals surface area contributed by atoms with E-state index < -0.39 is 52.5 Å². The van der Waals surface area contributed by atoms with Crippen LogP contribution in [0.2, 0.25) is 0 Å². The highest BCUT2D eigenvalue weighted by Crippen LogP contribution is 2.61. The maximum absolute atomic E-state index is 14.3. The number of esters is 1. The molecule has 0 aromatic heterocycles. The Morgan fingerprint density at radius 3 is 2.23 bits per heavy atom. The third-order valence-electron chi connectivity index (χ3n) is 9.55. The highest BCUT2D eigenvalue weighted by Gasteiger charge is 2.60. The second-order valence-corrected chi connectivity index (χ2v) is 14.6. The van der Waals surface area contributed by atoms with Crippen LogP contribution >= 0.6 is 0 Å². The van der Waals surface area contributed by atoms with E-state index in [1.165, 1.54) is 17.1 Å². The Balaban J connectivity index is 1.52. The monoisotopic (exact) mass is 589 g/mol. The number of amides is 1. The molecule has 1 heterocycles. The summed E-state index contributed by atoms with van der Waals surface area (Å²) in [6.45, 7) is 16.9. The van der Waals surface area contributed by atoms with Crippen LogP contribution in [0.5, 0.6) is 0 Å². The lowest BCUT2D eigenvalue weighted by atomic mass is 9.48. The molecule has 0 N–H and O–H groups in total. The van der Waals surface area contributed by atoms with Crippen LogP contribution in [0.15, 0.2) is 65.3 Å². The first-order chi connectivity index (χ1) is 19.9. The van der Waals surface area contributed by atoms with Crippen molar-refractivity contribution in [2.45, 2.75) is 105 Å². The Bertz CT molecular complexity index is 1460. The van der Waals surface area contributed by atoms with Crippen molar-refractivity contribution in [3.05, 3.63) is 70.8 Å². The van der Waals surface area contributed by atoms with Gasteiger partial charge >= 0.3 is 12.1 Å². The minimum absolute atomic E-state index is 0.0624. The Morgan fingerprint density at radius 2 is 1.60 bits per heavy atom. The molecule has 0 radical (unpaired) electrons. The van der Waals surface area contributed by atoms with Crippen molar-refractivity contribution in [3.8, 4) is 0 Å². The number of allylic oxidation sites excluding steroid dienone is 5. The number of carbonyl (C=O) groups is 4. The van der Waals surface area contributed by atoms with E-state index in [0.717, 1.165) is 5.57 Å². The quantitative estimate of drug-likeness (QED) is 0.228. The molecule has 0 spiro atoms. The van der Waals surface area contributed by atoms with Crippen LogP contribution in [0, 0.1) is 16.7 Å². The molecule has 8 heteroatoms. The average molecular weight is 590 g/mol. The molecule has 8 nitrogen and oxygen atoms in total. The number of rotatable bonds is 3. The minimum Gasteiger partial charge on any atom is -0.455 e. The van der Waals surface area contributed by atoms with Crippen molar-refractivity contribution in [1.82, 2.24) is 4.90 Å². The van der Waals surface area contributed by atoms with Crippen LogP contribution in [0.3, 0.4) is 0 Å². The van der Waals surface area contributed by atoms with Gasteiger partial charge in [-0.25, -0.2) is 9.59 Å². The van der Waals surface area contributed by atoms with E-state index in [2.05, 4.69) is 13.0 Å². The molecule has 1 saturated heterocycles. The van der Waals surface area contributed by atoms with E-state index >= 15 is 0 Å². The van der Waals surface area contributed by atoms with E-state index in [0.29, 0.717) is 29.6 Å². The van der Waals surface area contributed by atoms with Gasteiger partial charge in [0.05, 0.1) is 0 Å². The minimum atomic E-state index is -1.18. The number of benzene rings is 1. The lowest BCUT2D eigenvalue weighted by molar-refractivity contribution is -0.176. The molecule has 0 bridgehead atoms. The topological polar surface area (TPSA) is 99.2 Å². The second kappa shape index (κ2) is 10.3. The lowest BCUT2D eigenvalue weighted by Crippen LogP contribution is -2.55. The fourth-order valence-electron chi connectivity index (χ4n) is 7.87. The first-order valence-corrected chi connectivity index (χ1v) is 15.0. The molecule has 1 amide bonds. The van der Waals surface area contributed by atoms with Crippen LogP contribution in [0.1, 0.15) is 86.8 Å². The summed E-state index contributed by atoms with van der Waals surface area (Å²) < 4.78 is 18.5. The molecule has 1 fully saturated rings. The first-order valence-electron chi connectivity index (χ1n) is 15.0. The number of nitrogens with zero attached hydrogens (tertiary/aromatic N) is 1. The van der Waals surface area contributed by atoms with Crippen molar-refractivity contribution in [1.29, 1.82) is 0 Å². The van der Waals surface area contributed by atoms with Crippen molar-refractivity contribution in [2.75, 3.05) is 0 Å². The number of ether oxygens (including phenoxy) is 3. The number of ketones is 2. The largest absolute Gasteiger partial charge is 0.455 e. The van der Waals surface area contributed by atoms with Gasteiger partial charge < -0.3 is 14.2 Å². The molecule has 1 aliphatic heterocycles. The zero-order chi connectivity index (χ0) is 31.7. The summed E-state index contributed by atoms with van der Waals surface area (Å²) in [6, 6.07) is 8.48. The van der Waals surface area contributed by atoms with Gasteiger partial charge in [-0.2, -0.15) is 0 Å². The van der Waals surface area contributed by atoms with E-state index in [1.807, 2.05) is 51.1 Å². The number of carbonyl (C=O) groups excluding carboxylic acids is 4. The third kappa shape index (κ3) is 5.17. The summed E-state index contributed by atoms with van der Waals surface area (Å²) in [7, 11) is 0. The summed E-state index contributed by atoms with van der Waals surface area (Å²) in [5, 5.41) is 0. The van der Waals surface area contributed by atoms with Crippen molar-refractivity contribution in [2.24, 2.45) is 16.7 Å². The van der Waals surface area contributed by atoms with Crippen molar-refractivity contribution >= 4 is 23.6 Å². The smallest absolute Gasteiger partial charge is 0.413 e. The lowest BCUT2D eigenvalue weighted by Gasteiger charge is -2.56. The fourth-order valence-corrected chi connectivity index (χ4v) is 7.87. The van der Waals surface area contributed by atoms with Crippen molar-refractivity contribution in [3.63, 3.8) is 0 Å². The first kappa shape index (κ1) is 30.9. The van der Waals surface area contributed by atoms with E-state index in [4.69, 9.17) is 14.2 Å². The van der Waals surface area contributed by atoms with E-state index in [9.17, 15) is 19.2 Å². The van der Waals surface area contributed by atoms with Gasteiger partial charge in [0.1, 0.15) is 23.5 Å². The highest BCUT2D eigenvalue weighted by molar-refractivity contribution is 6.21. The van der Waals surface area contributed by atoms with Gasteiger partial charge in [0.2, 0.25) is 0 Å². The zero-order valence-corrected chi connectivity index (χ0v) is 26.6. The Morgan fingerprint density at radius 1 is 0.977 bits per heavy atom. The van der Waals surface area contributed by atoms with Gasteiger partial charge in [-0.15, -0.1) is 0 Å². The predicted octanol–water partition coefficient (Wildman–Crippen LogP) is 6.42. The predicted molar refractivity (Wildman–Crippen MR) is 161 cm³/mol. The summed E-state index contributed by atoms with van der Waals surface area (Å²) in [4.78, 5) is 55.4. The Labute approximate surface area is 254 Å². The molecule has 0 saturated carbocycles. The standard InChI is InChI=1S/C35H43NO7/c1-20-15-18-25-33(5,6)26-22(23(37)16-17-24(26)38)19-35(25,9)29(20)41-30(39)28-27(21-13-11-10-12-14-21)36(34(7,8)42-28)31(40)43-32(2,3)4/h10-17,25,27-29H,18-19H2,1-9H3/t25-,27-,28+,29?,35-/m0/s1. The van der Waals surface area contributed by atoms with Crippen LogP contribution in [0.25, 0.3) is 0 Å². The number of hydrogen-bond donors (Lipinski definition) is 0.